The molecule has 0 aliphatic rings. The van der Waals surface area contributed by atoms with E-state index in [0.717, 1.165) is 30.1 Å². The Morgan fingerprint density at radius 2 is 2.20 bits per heavy atom. The van der Waals surface area contributed by atoms with E-state index < -0.39 is 5.60 Å². The first-order chi connectivity index (χ1) is 9.29. The van der Waals surface area contributed by atoms with E-state index in [1.165, 1.54) is 0 Å². The molecule has 0 fully saturated rings. The molecule has 0 spiro atoms. The number of anilines is 1. The van der Waals surface area contributed by atoms with Gasteiger partial charge in [0.05, 0.1) is 0 Å². The predicted octanol–water partition coefficient (Wildman–Crippen LogP) is 2.68. The van der Waals surface area contributed by atoms with Crippen molar-refractivity contribution in [3.63, 3.8) is 0 Å². The number of nitrogens with zero attached hydrogens (tertiary/aromatic N) is 1. The molecule has 1 heterocycles. The first-order valence-corrected chi connectivity index (χ1v) is 7.64. The van der Waals surface area contributed by atoms with Crippen LogP contribution in [0.1, 0.15) is 32.1 Å². The van der Waals surface area contributed by atoms with Gasteiger partial charge in [-0.1, -0.05) is 0 Å². The Morgan fingerprint density at radius 1 is 1.50 bits per heavy atom. The van der Waals surface area contributed by atoms with Crippen LogP contribution in [0.4, 0.5) is 10.5 Å². The molecule has 0 saturated carbocycles. The van der Waals surface area contributed by atoms with Gasteiger partial charge in [-0.3, -0.25) is 0 Å². The van der Waals surface area contributed by atoms with E-state index in [2.05, 4.69) is 5.32 Å². The van der Waals surface area contributed by atoms with Crippen molar-refractivity contribution < 1.29 is 9.53 Å². The molecular weight excluding hydrogens is 274 g/mol. The number of ether oxygens (including phenoxy) is 1. The number of rotatable bonds is 6. The van der Waals surface area contributed by atoms with E-state index in [4.69, 9.17) is 10.5 Å². The highest BCUT2D eigenvalue weighted by Gasteiger charge is 2.18. The molecule has 1 aromatic heterocycles. The van der Waals surface area contributed by atoms with Crippen LogP contribution >= 0.6 is 11.3 Å². The third kappa shape index (κ3) is 6.25. The van der Waals surface area contributed by atoms with Crippen molar-refractivity contribution in [2.45, 2.75) is 39.3 Å². The van der Waals surface area contributed by atoms with Crippen LogP contribution in [0.25, 0.3) is 0 Å². The van der Waals surface area contributed by atoms with Crippen LogP contribution in [-0.2, 0) is 11.3 Å². The number of hydrogen-bond donors (Lipinski definition) is 2. The van der Waals surface area contributed by atoms with E-state index in [1.807, 2.05) is 32.2 Å². The number of nitrogens with one attached hydrogen (secondary N) is 1. The zero-order chi connectivity index (χ0) is 15.2. The molecule has 0 bridgehead atoms. The Balaban J connectivity index is 2.14. The summed E-state index contributed by atoms with van der Waals surface area (Å²) in [7, 11) is 1.76. The molecule has 0 saturated heterocycles. The van der Waals surface area contributed by atoms with Crippen molar-refractivity contribution in [3.05, 3.63) is 16.3 Å². The number of amides is 1. The number of carbonyl (C=O) groups is 1. The molecule has 0 atom stereocenters. The van der Waals surface area contributed by atoms with E-state index in [9.17, 15) is 4.79 Å². The van der Waals surface area contributed by atoms with Gasteiger partial charge >= 0.3 is 6.09 Å². The minimum absolute atomic E-state index is 0.278. The van der Waals surface area contributed by atoms with Gasteiger partial charge in [-0.15, -0.1) is 11.3 Å². The molecule has 0 aromatic carbocycles. The fourth-order valence-electron chi connectivity index (χ4n) is 1.57. The topological polar surface area (TPSA) is 67.6 Å². The van der Waals surface area contributed by atoms with Crippen molar-refractivity contribution in [2.24, 2.45) is 0 Å². The van der Waals surface area contributed by atoms with Crippen molar-refractivity contribution >= 4 is 23.1 Å². The molecular formula is C14H25N3O2S. The fourth-order valence-corrected chi connectivity index (χ4v) is 2.34. The molecule has 0 aliphatic heterocycles. The third-order valence-corrected chi connectivity index (χ3v) is 3.55. The predicted molar refractivity (Wildman–Crippen MR) is 83.9 cm³/mol. The Morgan fingerprint density at radius 3 is 2.75 bits per heavy atom. The maximum atomic E-state index is 11.7. The van der Waals surface area contributed by atoms with Gasteiger partial charge in [-0.25, -0.2) is 4.79 Å². The maximum Gasteiger partial charge on any atom is 0.410 e. The molecule has 6 heteroatoms. The molecule has 1 amide bonds. The average molecular weight is 299 g/mol. The quantitative estimate of drug-likeness (QED) is 0.793. The van der Waals surface area contributed by atoms with Gasteiger partial charge in [-0.2, -0.15) is 0 Å². The summed E-state index contributed by atoms with van der Waals surface area (Å²) in [5.41, 5.74) is 6.20. The molecule has 1 aromatic rings. The van der Waals surface area contributed by atoms with Gasteiger partial charge in [0.25, 0.3) is 0 Å². The van der Waals surface area contributed by atoms with Crippen molar-refractivity contribution in [3.8, 4) is 0 Å². The van der Waals surface area contributed by atoms with Crippen LogP contribution in [0.2, 0.25) is 0 Å². The van der Waals surface area contributed by atoms with Gasteiger partial charge < -0.3 is 20.7 Å². The minimum atomic E-state index is -0.444. The van der Waals surface area contributed by atoms with E-state index in [0.29, 0.717) is 6.54 Å². The summed E-state index contributed by atoms with van der Waals surface area (Å²) in [5, 5.41) is 5.31. The first kappa shape index (κ1) is 16.8. The number of hydrogen-bond acceptors (Lipinski definition) is 5. The number of thiophene rings is 1. The Bertz CT molecular complexity index is 426. The van der Waals surface area contributed by atoms with Crippen LogP contribution in [0.3, 0.4) is 0 Å². The molecule has 0 unspecified atom stereocenters. The van der Waals surface area contributed by atoms with E-state index in [-0.39, 0.29) is 6.09 Å². The van der Waals surface area contributed by atoms with Crippen LogP contribution in [-0.4, -0.2) is 36.7 Å². The Labute approximate surface area is 125 Å². The van der Waals surface area contributed by atoms with Gasteiger partial charge in [0.1, 0.15) is 5.60 Å². The lowest BCUT2D eigenvalue weighted by Crippen LogP contribution is -2.35. The standard InChI is InChI=1S/C14H25N3O2S/c1-14(2,3)19-13(18)17(4)8-5-7-16-10-12-11(15)6-9-20-12/h6,9,16H,5,7-8,10,15H2,1-4H3. The summed E-state index contributed by atoms with van der Waals surface area (Å²) in [5.74, 6) is 0. The number of carbonyl (C=O) groups excluding carboxylic acids is 1. The molecule has 5 nitrogen and oxygen atoms in total. The Hall–Kier alpha value is -1.27. The zero-order valence-electron chi connectivity index (χ0n) is 12.7. The highest BCUT2D eigenvalue weighted by Crippen LogP contribution is 2.17. The molecule has 0 aliphatic carbocycles. The highest BCUT2D eigenvalue weighted by atomic mass is 32.1. The van der Waals surface area contributed by atoms with Gasteiger partial charge in [0.15, 0.2) is 0 Å². The summed E-state index contributed by atoms with van der Waals surface area (Å²) in [6, 6.07) is 1.91. The van der Waals surface area contributed by atoms with Crippen LogP contribution < -0.4 is 11.1 Å². The van der Waals surface area contributed by atoms with Gasteiger partial charge in [0.2, 0.25) is 0 Å². The summed E-state index contributed by atoms with van der Waals surface area (Å²) >= 11 is 1.65. The molecule has 0 radical (unpaired) electrons. The summed E-state index contributed by atoms with van der Waals surface area (Å²) in [4.78, 5) is 14.5. The van der Waals surface area contributed by atoms with Crippen molar-refractivity contribution in [2.75, 3.05) is 25.9 Å². The molecule has 114 valence electrons. The van der Waals surface area contributed by atoms with E-state index in [1.54, 1.807) is 23.3 Å². The summed E-state index contributed by atoms with van der Waals surface area (Å²) in [6.07, 6.45) is 0.598. The summed E-state index contributed by atoms with van der Waals surface area (Å²) < 4.78 is 5.28. The van der Waals surface area contributed by atoms with Gasteiger partial charge in [-0.05, 0) is 45.2 Å². The smallest absolute Gasteiger partial charge is 0.410 e. The van der Waals surface area contributed by atoms with Crippen LogP contribution in [0.15, 0.2) is 11.4 Å². The highest BCUT2D eigenvalue weighted by molar-refractivity contribution is 7.10. The zero-order valence-corrected chi connectivity index (χ0v) is 13.5. The normalized spacial score (nSPS) is 11.4. The van der Waals surface area contributed by atoms with E-state index >= 15 is 0 Å². The fraction of sp³-hybridized carbons (Fsp3) is 0.643. The SMILES string of the molecule is CN(CCCNCc1sccc1N)C(=O)OC(C)(C)C. The average Bonchev–Trinajstić information content (AvgIpc) is 2.72. The van der Waals surface area contributed by atoms with Crippen molar-refractivity contribution in [1.82, 2.24) is 10.2 Å². The second-order valence-corrected chi connectivity index (χ2v) is 6.73. The van der Waals surface area contributed by atoms with Crippen LogP contribution in [0, 0.1) is 0 Å². The lowest BCUT2D eigenvalue weighted by molar-refractivity contribution is 0.0297. The lowest BCUT2D eigenvalue weighted by atomic mass is 10.2. The second-order valence-electron chi connectivity index (χ2n) is 5.73. The Kier molecular flexibility index (Phi) is 6.29. The number of nitrogen functional groups attached to an aromatic ring is 1. The molecule has 3 N–H and O–H groups in total. The third-order valence-electron chi connectivity index (χ3n) is 2.62. The lowest BCUT2D eigenvalue weighted by Gasteiger charge is -2.24. The monoisotopic (exact) mass is 299 g/mol. The second kappa shape index (κ2) is 7.50. The summed E-state index contributed by atoms with van der Waals surface area (Å²) in [6.45, 7) is 7.88. The number of nitrogens with two attached hydrogens (primary N) is 1. The molecule has 20 heavy (non-hydrogen) atoms. The van der Waals surface area contributed by atoms with Crippen LogP contribution in [0.5, 0.6) is 0 Å². The largest absolute Gasteiger partial charge is 0.444 e. The molecule has 1 rings (SSSR count). The minimum Gasteiger partial charge on any atom is -0.444 e. The van der Waals surface area contributed by atoms with Gasteiger partial charge in [0, 0.05) is 30.7 Å². The van der Waals surface area contributed by atoms with Crippen molar-refractivity contribution in [1.29, 1.82) is 0 Å². The maximum absolute atomic E-state index is 11.7. The first-order valence-electron chi connectivity index (χ1n) is 6.76.